The van der Waals surface area contributed by atoms with Gasteiger partial charge in [0.15, 0.2) is 0 Å². The lowest BCUT2D eigenvalue weighted by atomic mass is 10.0. The molecular formula is C22H23FS. The van der Waals surface area contributed by atoms with Crippen molar-refractivity contribution in [1.82, 2.24) is 0 Å². The fraction of sp³-hybridized carbons (Fsp3) is 0.273. The quantitative estimate of drug-likeness (QED) is 0.415. The van der Waals surface area contributed by atoms with E-state index in [9.17, 15) is 4.39 Å². The number of halogens is 1. The zero-order valence-electron chi connectivity index (χ0n) is 14.3. The summed E-state index contributed by atoms with van der Waals surface area (Å²) in [6.45, 7) is 4.26. The van der Waals surface area contributed by atoms with Crippen LogP contribution in [0.1, 0.15) is 37.3 Å². The Bertz CT molecular complexity index is 799. The zero-order valence-corrected chi connectivity index (χ0v) is 15.1. The molecule has 3 rings (SSSR count). The molecule has 0 aliphatic carbocycles. The van der Waals surface area contributed by atoms with Crippen LogP contribution in [-0.4, -0.2) is 0 Å². The third-order valence-corrected chi connectivity index (χ3v) is 5.51. The largest absolute Gasteiger partial charge is 0.207 e. The van der Waals surface area contributed by atoms with Gasteiger partial charge in [0.1, 0.15) is 5.82 Å². The fourth-order valence-corrected chi connectivity index (χ4v) is 3.84. The molecule has 0 aliphatic heterocycles. The van der Waals surface area contributed by atoms with Gasteiger partial charge >= 0.3 is 0 Å². The molecule has 0 atom stereocenters. The lowest BCUT2D eigenvalue weighted by Gasteiger charge is -2.05. The molecule has 0 bridgehead atoms. The van der Waals surface area contributed by atoms with Crippen LogP contribution in [0.4, 0.5) is 4.39 Å². The average molecular weight is 338 g/mol. The normalized spacial score (nSPS) is 11.0. The van der Waals surface area contributed by atoms with Crippen LogP contribution >= 0.6 is 11.3 Å². The molecule has 1 aromatic heterocycles. The number of unbranched alkanes of at least 4 members (excludes halogenated alkanes) is 2. The van der Waals surface area contributed by atoms with Gasteiger partial charge in [-0.3, -0.25) is 0 Å². The summed E-state index contributed by atoms with van der Waals surface area (Å²) in [5.74, 6) is -0.0751. The summed E-state index contributed by atoms with van der Waals surface area (Å²) in [6.07, 6.45) is 4.21. The summed E-state index contributed by atoms with van der Waals surface area (Å²) < 4.78 is 14.3. The number of thiophene rings is 1. The van der Waals surface area contributed by atoms with Crippen molar-refractivity contribution in [3.8, 4) is 20.9 Å². The molecule has 2 aromatic carbocycles. The molecule has 1 heterocycles. The van der Waals surface area contributed by atoms with Gasteiger partial charge in [-0.15, -0.1) is 11.3 Å². The highest BCUT2D eigenvalue weighted by Gasteiger charge is 2.08. The number of benzene rings is 2. The molecule has 0 N–H and O–H groups in total. The second kappa shape index (κ2) is 7.76. The smallest absolute Gasteiger partial charge is 0.127 e. The van der Waals surface area contributed by atoms with Crippen molar-refractivity contribution in [2.24, 2.45) is 0 Å². The molecule has 3 aromatic rings. The van der Waals surface area contributed by atoms with Crippen molar-refractivity contribution >= 4 is 11.3 Å². The molecule has 0 spiro atoms. The molecule has 0 fully saturated rings. The molecule has 0 saturated heterocycles. The molecule has 0 aliphatic rings. The fourth-order valence-electron chi connectivity index (χ4n) is 2.83. The predicted octanol–water partition coefficient (Wildman–Crippen LogP) is 7.26. The van der Waals surface area contributed by atoms with E-state index in [1.165, 1.54) is 16.0 Å². The minimum atomic E-state index is -0.0751. The van der Waals surface area contributed by atoms with Crippen LogP contribution < -0.4 is 0 Å². The van der Waals surface area contributed by atoms with Crippen molar-refractivity contribution in [3.63, 3.8) is 0 Å². The van der Waals surface area contributed by atoms with E-state index in [4.69, 9.17) is 0 Å². The van der Waals surface area contributed by atoms with Crippen molar-refractivity contribution in [1.29, 1.82) is 0 Å². The topological polar surface area (TPSA) is 0 Å². The minimum absolute atomic E-state index is 0.0751. The van der Waals surface area contributed by atoms with E-state index in [0.717, 1.165) is 41.7 Å². The number of hydrogen-bond donors (Lipinski definition) is 0. The van der Waals surface area contributed by atoms with E-state index >= 15 is 0 Å². The van der Waals surface area contributed by atoms with Crippen LogP contribution in [0, 0.1) is 12.7 Å². The monoisotopic (exact) mass is 338 g/mol. The molecule has 0 nitrogen and oxygen atoms in total. The Kier molecular flexibility index (Phi) is 5.47. The van der Waals surface area contributed by atoms with Gasteiger partial charge in [-0.1, -0.05) is 61.7 Å². The summed E-state index contributed by atoms with van der Waals surface area (Å²) in [7, 11) is 0. The van der Waals surface area contributed by atoms with Crippen molar-refractivity contribution in [2.75, 3.05) is 0 Å². The van der Waals surface area contributed by atoms with E-state index in [0.29, 0.717) is 0 Å². The van der Waals surface area contributed by atoms with Crippen LogP contribution in [0.5, 0.6) is 0 Å². The van der Waals surface area contributed by atoms with E-state index in [2.05, 4.69) is 56.3 Å². The predicted molar refractivity (Wildman–Crippen MR) is 103 cm³/mol. The lowest BCUT2D eigenvalue weighted by molar-refractivity contribution is 0.599. The first-order valence-corrected chi connectivity index (χ1v) is 9.44. The first-order valence-electron chi connectivity index (χ1n) is 8.63. The zero-order chi connectivity index (χ0) is 16.9. The highest BCUT2D eigenvalue weighted by Crippen LogP contribution is 2.35. The average Bonchev–Trinajstić information content (AvgIpc) is 3.07. The summed E-state index contributed by atoms with van der Waals surface area (Å²) in [6, 6.07) is 18.4. The third kappa shape index (κ3) is 3.93. The van der Waals surface area contributed by atoms with E-state index in [-0.39, 0.29) is 5.82 Å². The van der Waals surface area contributed by atoms with Crippen LogP contribution in [0.15, 0.2) is 54.6 Å². The van der Waals surface area contributed by atoms with Crippen LogP contribution in [0.2, 0.25) is 0 Å². The second-order valence-corrected chi connectivity index (χ2v) is 7.38. The Labute approximate surface area is 148 Å². The van der Waals surface area contributed by atoms with E-state index < -0.39 is 0 Å². The lowest BCUT2D eigenvalue weighted by Crippen LogP contribution is -1.91. The summed E-state index contributed by atoms with van der Waals surface area (Å²) in [4.78, 5) is 2.34. The highest BCUT2D eigenvalue weighted by molar-refractivity contribution is 7.18. The van der Waals surface area contributed by atoms with Crippen molar-refractivity contribution < 1.29 is 4.39 Å². The molecule has 124 valence electrons. The second-order valence-electron chi connectivity index (χ2n) is 6.29. The van der Waals surface area contributed by atoms with Gasteiger partial charge in [-0.2, -0.15) is 0 Å². The van der Waals surface area contributed by atoms with Crippen LogP contribution in [0.25, 0.3) is 20.9 Å². The minimum Gasteiger partial charge on any atom is -0.207 e. The maximum Gasteiger partial charge on any atom is 0.127 e. The number of hydrogen-bond acceptors (Lipinski definition) is 1. The maximum atomic E-state index is 14.3. The van der Waals surface area contributed by atoms with Gasteiger partial charge < -0.3 is 0 Å². The van der Waals surface area contributed by atoms with Crippen LogP contribution in [0.3, 0.4) is 0 Å². The van der Waals surface area contributed by atoms with E-state index in [1.54, 1.807) is 17.4 Å². The number of rotatable bonds is 6. The third-order valence-electron chi connectivity index (χ3n) is 4.33. The molecule has 0 unspecified atom stereocenters. The standard InChI is InChI=1S/C22H23FS/c1-3-4-5-6-17-11-12-19(15-20(17)23)22-14-13-21(24-22)18-9-7-16(2)8-10-18/h7-15H,3-6H2,1-2H3. The Hall–Kier alpha value is -1.93. The Balaban J connectivity index is 1.79. The molecule has 0 radical (unpaired) electrons. The summed E-state index contributed by atoms with van der Waals surface area (Å²) >= 11 is 1.71. The highest BCUT2D eigenvalue weighted by atomic mass is 32.1. The molecule has 2 heteroatoms. The number of aryl methyl sites for hydroxylation is 2. The SMILES string of the molecule is CCCCCc1ccc(-c2ccc(-c3ccc(C)cc3)s2)cc1F. The summed E-state index contributed by atoms with van der Waals surface area (Å²) in [5, 5.41) is 0. The van der Waals surface area contributed by atoms with Crippen LogP contribution in [-0.2, 0) is 6.42 Å². The Morgan fingerprint density at radius 3 is 2.17 bits per heavy atom. The Morgan fingerprint density at radius 1 is 0.833 bits per heavy atom. The van der Waals surface area contributed by atoms with Crippen molar-refractivity contribution in [2.45, 2.75) is 39.5 Å². The van der Waals surface area contributed by atoms with Gasteiger partial charge in [0.25, 0.3) is 0 Å². The van der Waals surface area contributed by atoms with Gasteiger partial charge in [0.05, 0.1) is 0 Å². The molecule has 24 heavy (non-hydrogen) atoms. The first-order chi connectivity index (χ1) is 11.7. The molecule has 0 amide bonds. The first kappa shape index (κ1) is 16.9. The molecule has 0 saturated carbocycles. The molecular weight excluding hydrogens is 315 g/mol. The van der Waals surface area contributed by atoms with Gasteiger partial charge in [-0.25, -0.2) is 4.39 Å². The van der Waals surface area contributed by atoms with E-state index in [1.807, 2.05) is 6.07 Å². The van der Waals surface area contributed by atoms with Gasteiger partial charge in [0, 0.05) is 9.75 Å². The van der Waals surface area contributed by atoms with Crippen molar-refractivity contribution in [3.05, 3.63) is 71.5 Å². The summed E-state index contributed by atoms with van der Waals surface area (Å²) in [5.41, 5.74) is 4.28. The Morgan fingerprint density at radius 2 is 1.50 bits per heavy atom. The van der Waals surface area contributed by atoms with Gasteiger partial charge in [0.2, 0.25) is 0 Å². The maximum absolute atomic E-state index is 14.3. The van der Waals surface area contributed by atoms with Gasteiger partial charge in [-0.05, 0) is 54.7 Å².